The Balaban J connectivity index is 1.75. The molecule has 0 amide bonds. The summed E-state index contributed by atoms with van der Waals surface area (Å²) in [5, 5.41) is 5.62. The van der Waals surface area contributed by atoms with Crippen molar-refractivity contribution in [2.45, 2.75) is 31.9 Å². The standard InChI is InChI=1S/C12H17NOS/c1-10(12-6-4-8-15-12)13-9-11-5-2-3-7-14-11/h3-4,6-8,10-11,13H,2,5,9H2,1H3/t10-,11?/m1/s1. The molecule has 1 unspecified atom stereocenters. The van der Waals surface area contributed by atoms with Crippen molar-refractivity contribution in [1.82, 2.24) is 5.32 Å². The summed E-state index contributed by atoms with van der Waals surface area (Å²) in [6.07, 6.45) is 6.52. The Hall–Kier alpha value is -0.800. The largest absolute Gasteiger partial charge is 0.497 e. The predicted molar refractivity (Wildman–Crippen MR) is 64.0 cm³/mol. The lowest BCUT2D eigenvalue weighted by molar-refractivity contribution is 0.120. The lowest BCUT2D eigenvalue weighted by Crippen LogP contribution is -2.30. The number of rotatable bonds is 4. The van der Waals surface area contributed by atoms with Crippen LogP contribution in [0.25, 0.3) is 0 Å². The van der Waals surface area contributed by atoms with E-state index >= 15 is 0 Å². The van der Waals surface area contributed by atoms with Crippen LogP contribution in [0.4, 0.5) is 0 Å². The van der Waals surface area contributed by atoms with E-state index < -0.39 is 0 Å². The van der Waals surface area contributed by atoms with Crippen LogP contribution < -0.4 is 5.32 Å². The van der Waals surface area contributed by atoms with E-state index in [1.54, 1.807) is 11.3 Å². The highest BCUT2D eigenvalue weighted by molar-refractivity contribution is 7.10. The zero-order valence-electron chi connectivity index (χ0n) is 8.98. The first kappa shape index (κ1) is 10.7. The van der Waals surface area contributed by atoms with Crippen molar-refractivity contribution in [2.24, 2.45) is 0 Å². The first-order valence-corrected chi connectivity index (χ1v) is 6.31. The maximum absolute atomic E-state index is 5.51. The van der Waals surface area contributed by atoms with Gasteiger partial charge in [0.05, 0.1) is 6.26 Å². The first-order valence-electron chi connectivity index (χ1n) is 5.43. The minimum Gasteiger partial charge on any atom is -0.497 e. The Morgan fingerprint density at radius 1 is 1.67 bits per heavy atom. The SMILES string of the molecule is C[C@@H](NCC1CCC=CO1)c1cccs1. The Morgan fingerprint density at radius 3 is 3.27 bits per heavy atom. The summed E-state index contributed by atoms with van der Waals surface area (Å²) in [7, 11) is 0. The number of nitrogens with one attached hydrogen (secondary N) is 1. The van der Waals surface area contributed by atoms with Gasteiger partial charge in [-0.3, -0.25) is 0 Å². The molecule has 2 heterocycles. The van der Waals surface area contributed by atoms with Crippen LogP contribution in [0.1, 0.15) is 30.7 Å². The van der Waals surface area contributed by atoms with Gasteiger partial charge in [-0.1, -0.05) is 6.07 Å². The van der Waals surface area contributed by atoms with Gasteiger partial charge in [0.15, 0.2) is 0 Å². The molecule has 0 aromatic carbocycles. The summed E-state index contributed by atoms with van der Waals surface area (Å²) in [5.74, 6) is 0. The van der Waals surface area contributed by atoms with Crippen molar-refractivity contribution >= 4 is 11.3 Å². The molecule has 0 radical (unpaired) electrons. The van der Waals surface area contributed by atoms with Crippen molar-refractivity contribution in [2.75, 3.05) is 6.54 Å². The van der Waals surface area contributed by atoms with Gasteiger partial charge in [0.1, 0.15) is 6.10 Å². The van der Waals surface area contributed by atoms with E-state index in [4.69, 9.17) is 4.74 Å². The fourth-order valence-electron chi connectivity index (χ4n) is 1.68. The molecule has 1 aromatic heterocycles. The van der Waals surface area contributed by atoms with Crippen molar-refractivity contribution in [3.63, 3.8) is 0 Å². The van der Waals surface area contributed by atoms with E-state index in [0.29, 0.717) is 12.1 Å². The minimum absolute atomic E-state index is 0.345. The van der Waals surface area contributed by atoms with Crippen molar-refractivity contribution in [3.05, 3.63) is 34.7 Å². The molecule has 1 aliphatic rings. The van der Waals surface area contributed by atoms with E-state index in [1.165, 1.54) is 4.88 Å². The fourth-order valence-corrected chi connectivity index (χ4v) is 2.44. The maximum Gasteiger partial charge on any atom is 0.110 e. The molecular weight excluding hydrogens is 206 g/mol. The summed E-state index contributed by atoms with van der Waals surface area (Å²) in [5.41, 5.74) is 0. The molecular formula is C12H17NOS. The summed E-state index contributed by atoms with van der Waals surface area (Å²) in [4.78, 5) is 1.39. The number of thiophene rings is 1. The molecule has 1 N–H and O–H groups in total. The number of hydrogen-bond donors (Lipinski definition) is 1. The van der Waals surface area contributed by atoms with Gasteiger partial charge in [-0.15, -0.1) is 11.3 Å². The summed E-state index contributed by atoms with van der Waals surface area (Å²) in [6, 6.07) is 4.70. The highest BCUT2D eigenvalue weighted by Crippen LogP contribution is 2.18. The second-order valence-electron chi connectivity index (χ2n) is 3.85. The van der Waals surface area contributed by atoms with Crippen LogP contribution in [-0.4, -0.2) is 12.6 Å². The molecule has 0 saturated carbocycles. The second kappa shape index (κ2) is 5.33. The van der Waals surface area contributed by atoms with Crippen LogP contribution in [0.5, 0.6) is 0 Å². The zero-order chi connectivity index (χ0) is 10.5. The third-order valence-electron chi connectivity index (χ3n) is 2.64. The zero-order valence-corrected chi connectivity index (χ0v) is 9.80. The van der Waals surface area contributed by atoms with Gasteiger partial charge in [-0.2, -0.15) is 0 Å². The Kier molecular flexibility index (Phi) is 3.80. The van der Waals surface area contributed by atoms with Gasteiger partial charge in [-0.05, 0) is 37.3 Å². The number of ether oxygens (including phenoxy) is 1. The molecule has 1 aliphatic heterocycles. The van der Waals surface area contributed by atoms with Crippen molar-refractivity contribution in [1.29, 1.82) is 0 Å². The Bertz CT molecular complexity index is 307. The van der Waals surface area contributed by atoms with Gasteiger partial charge >= 0.3 is 0 Å². The van der Waals surface area contributed by atoms with Gasteiger partial charge in [0.2, 0.25) is 0 Å². The molecule has 15 heavy (non-hydrogen) atoms. The summed E-state index contributed by atoms with van der Waals surface area (Å²) < 4.78 is 5.51. The minimum atomic E-state index is 0.345. The topological polar surface area (TPSA) is 21.3 Å². The lowest BCUT2D eigenvalue weighted by Gasteiger charge is -2.21. The molecule has 0 aliphatic carbocycles. The Labute approximate surface area is 95.0 Å². The highest BCUT2D eigenvalue weighted by Gasteiger charge is 2.13. The van der Waals surface area contributed by atoms with Crippen LogP contribution in [0.3, 0.4) is 0 Å². The van der Waals surface area contributed by atoms with Gasteiger partial charge in [0.25, 0.3) is 0 Å². The van der Waals surface area contributed by atoms with E-state index in [2.05, 4.69) is 35.8 Å². The molecule has 0 saturated heterocycles. The fraction of sp³-hybridized carbons (Fsp3) is 0.500. The molecule has 2 rings (SSSR count). The van der Waals surface area contributed by atoms with E-state index in [1.807, 2.05) is 6.26 Å². The molecule has 0 spiro atoms. The highest BCUT2D eigenvalue weighted by atomic mass is 32.1. The van der Waals surface area contributed by atoms with Crippen LogP contribution in [0.15, 0.2) is 29.9 Å². The van der Waals surface area contributed by atoms with Gasteiger partial charge in [-0.25, -0.2) is 0 Å². The average molecular weight is 223 g/mol. The summed E-state index contributed by atoms with van der Waals surface area (Å²) in [6.45, 7) is 3.13. The molecule has 1 aromatic rings. The van der Waals surface area contributed by atoms with Crippen molar-refractivity contribution < 1.29 is 4.74 Å². The van der Waals surface area contributed by atoms with Gasteiger partial charge in [0, 0.05) is 17.5 Å². The molecule has 82 valence electrons. The van der Waals surface area contributed by atoms with Crippen LogP contribution in [-0.2, 0) is 4.74 Å². The van der Waals surface area contributed by atoms with E-state index in [0.717, 1.165) is 19.4 Å². The molecule has 2 nitrogen and oxygen atoms in total. The molecule has 3 heteroatoms. The third kappa shape index (κ3) is 3.08. The third-order valence-corrected chi connectivity index (χ3v) is 3.70. The van der Waals surface area contributed by atoms with E-state index in [9.17, 15) is 0 Å². The average Bonchev–Trinajstić information content (AvgIpc) is 2.81. The predicted octanol–water partition coefficient (Wildman–Crippen LogP) is 3.09. The van der Waals surface area contributed by atoms with E-state index in [-0.39, 0.29) is 0 Å². The summed E-state index contributed by atoms with van der Waals surface area (Å²) >= 11 is 1.80. The normalized spacial score (nSPS) is 22.3. The first-order chi connectivity index (χ1) is 7.36. The quantitative estimate of drug-likeness (QED) is 0.847. The molecule has 0 bridgehead atoms. The molecule has 0 fully saturated rings. The smallest absolute Gasteiger partial charge is 0.110 e. The van der Waals surface area contributed by atoms with Crippen molar-refractivity contribution in [3.8, 4) is 0 Å². The monoisotopic (exact) mass is 223 g/mol. The van der Waals surface area contributed by atoms with Crippen LogP contribution in [0, 0.1) is 0 Å². The van der Waals surface area contributed by atoms with Crippen LogP contribution in [0.2, 0.25) is 0 Å². The number of allylic oxidation sites excluding steroid dienone is 1. The Morgan fingerprint density at radius 2 is 2.60 bits per heavy atom. The molecule has 2 atom stereocenters. The van der Waals surface area contributed by atoms with Crippen LogP contribution >= 0.6 is 11.3 Å². The number of hydrogen-bond acceptors (Lipinski definition) is 3. The van der Waals surface area contributed by atoms with Gasteiger partial charge < -0.3 is 10.1 Å². The second-order valence-corrected chi connectivity index (χ2v) is 4.83. The lowest BCUT2D eigenvalue weighted by atomic mass is 10.1. The maximum atomic E-state index is 5.51.